The first-order valence-corrected chi connectivity index (χ1v) is 10.4. The first-order chi connectivity index (χ1) is 13.9. The van der Waals surface area contributed by atoms with E-state index in [4.69, 9.17) is 0 Å². The molecule has 29 heavy (non-hydrogen) atoms. The van der Waals surface area contributed by atoms with E-state index in [1.165, 1.54) is 34.4 Å². The van der Waals surface area contributed by atoms with Crippen LogP contribution in [0.3, 0.4) is 0 Å². The van der Waals surface area contributed by atoms with Gasteiger partial charge in [-0.15, -0.1) is 11.3 Å². The zero-order valence-corrected chi connectivity index (χ0v) is 17.3. The maximum atomic E-state index is 13.2. The van der Waals surface area contributed by atoms with Crippen LogP contribution in [-0.4, -0.2) is 32.0 Å². The predicted molar refractivity (Wildman–Crippen MR) is 111 cm³/mol. The summed E-state index contributed by atoms with van der Waals surface area (Å²) in [4.78, 5) is 26.4. The van der Waals surface area contributed by atoms with E-state index in [2.05, 4.69) is 23.6 Å². The number of thiophene rings is 1. The molecule has 8 heteroatoms. The summed E-state index contributed by atoms with van der Waals surface area (Å²) < 4.78 is 13.2. The molecule has 0 bridgehead atoms. The van der Waals surface area contributed by atoms with Gasteiger partial charge in [-0.3, -0.25) is 9.59 Å². The third kappa shape index (κ3) is 5.40. The van der Waals surface area contributed by atoms with E-state index < -0.39 is 5.82 Å². The number of halogens is 1. The van der Waals surface area contributed by atoms with Crippen LogP contribution >= 0.6 is 11.3 Å². The number of likely N-dealkylation sites (N-methyl/N-ethyl adjacent to an activating group) is 1. The largest absolute Gasteiger partial charge is 0.322 e. The van der Waals surface area contributed by atoms with E-state index in [0.717, 1.165) is 24.8 Å². The summed E-state index contributed by atoms with van der Waals surface area (Å²) in [7, 11) is 1.73. The number of nitriles is 1. The van der Waals surface area contributed by atoms with Gasteiger partial charge in [0.25, 0.3) is 11.8 Å². The number of carbonyl (C=O) groups is 2. The van der Waals surface area contributed by atoms with Crippen LogP contribution in [0.4, 0.5) is 15.1 Å². The van der Waals surface area contributed by atoms with Crippen LogP contribution in [0.25, 0.3) is 0 Å². The lowest BCUT2D eigenvalue weighted by Gasteiger charge is -2.17. The highest BCUT2D eigenvalue weighted by atomic mass is 32.1. The van der Waals surface area contributed by atoms with Gasteiger partial charge in [0.2, 0.25) is 0 Å². The summed E-state index contributed by atoms with van der Waals surface area (Å²) in [6.07, 6.45) is 2.87. The van der Waals surface area contributed by atoms with Crippen LogP contribution in [0.2, 0.25) is 0 Å². The van der Waals surface area contributed by atoms with Crippen LogP contribution in [-0.2, 0) is 22.4 Å². The molecule has 3 rings (SSSR count). The van der Waals surface area contributed by atoms with E-state index >= 15 is 0 Å². The number of hydrogen-bond donors (Lipinski definition) is 3. The molecule has 1 aromatic carbocycles. The Morgan fingerprint density at radius 3 is 2.72 bits per heavy atom. The molecule has 1 aliphatic rings. The lowest BCUT2D eigenvalue weighted by molar-refractivity contribution is -0.862. The van der Waals surface area contributed by atoms with Gasteiger partial charge in [0.15, 0.2) is 13.1 Å². The minimum Gasteiger partial charge on any atom is -0.322 e. The maximum Gasteiger partial charge on any atom is 0.280 e. The van der Waals surface area contributed by atoms with Gasteiger partial charge < -0.3 is 15.5 Å². The number of amides is 2. The number of hydrogen-bond acceptors (Lipinski definition) is 4. The number of fused-ring (bicyclic) bond motifs is 1. The molecule has 0 saturated carbocycles. The summed E-state index contributed by atoms with van der Waals surface area (Å²) in [6, 6.07) is 7.90. The van der Waals surface area contributed by atoms with Crippen molar-refractivity contribution in [3.63, 3.8) is 0 Å². The number of nitrogens with zero attached hydrogens (tertiary/aromatic N) is 1. The van der Waals surface area contributed by atoms with E-state index in [1.807, 2.05) is 0 Å². The lowest BCUT2D eigenvalue weighted by Crippen LogP contribution is -3.11. The highest BCUT2D eigenvalue weighted by molar-refractivity contribution is 7.16. The average molecular weight is 416 g/mol. The number of benzene rings is 1. The molecule has 0 spiro atoms. The molecular weight excluding hydrogens is 391 g/mol. The Bertz CT molecular complexity index is 966. The highest BCUT2D eigenvalue weighted by Gasteiger charge is 2.25. The van der Waals surface area contributed by atoms with Crippen molar-refractivity contribution >= 4 is 33.8 Å². The Hall–Kier alpha value is -2.76. The second kappa shape index (κ2) is 9.16. The number of quaternary nitrogens is 1. The third-order valence-electron chi connectivity index (χ3n) is 4.91. The first kappa shape index (κ1) is 21.0. The fourth-order valence-electron chi connectivity index (χ4n) is 3.51. The van der Waals surface area contributed by atoms with Crippen molar-refractivity contribution < 1.29 is 18.9 Å². The van der Waals surface area contributed by atoms with Crippen molar-refractivity contribution in [1.82, 2.24) is 0 Å². The Balaban J connectivity index is 1.55. The van der Waals surface area contributed by atoms with Gasteiger partial charge in [-0.25, -0.2) is 4.39 Å². The van der Waals surface area contributed by atoms with Crippen LogP contribution in [0.15, 0.2) is 24.3 Å². The molecule has 6 nitrogen and oxygen atoms in total. The van der Waals surface area contributed by atoms with E-state index in [0.29, 0.717) is 27.1 Å². The Kier molecular flexibility index (Phi) is 6.62. The number of nitrogens with one attached hydrogen (secondary N) is 3. The standard InChI is InChI=1S/C21H23FN4O2S/c1-13-6-7-16-17(10-23)21(29-18(16)8-13)25-20(28)12-26(2)11-19(27)24-15-5-3-4-14(22)9-15/h3-5,9,13H,6-8,11-12H2,1-2H3,(H,24,27)(H,25,28)/p+1. The molecule has 1 aromatic heterocycles. The minimum atomic E-state index is -0.427. The average Bonchev–Trinajstić information content (AvgIpc) is 2.96. The van der Waals surface area contributed by atoms with Gasteiger partial charge >= 0.3 is 0 Å². The Morgan fingerprint density at radius 2 is 2.03 bits per heavy atom. The summed E-state index contributed by atoms with van der Waals surface area (Å²) in [5.41, 5.74) is 2.03. The molecule has 2 unspecified atom stereocenters. The number of carbonyl (C=O) groups excluding carboxylic acids is 2. The van der Waals surface area contributed by atoms with Gasteiger partial charge in [0, 0.05) is 10.6 Å². The topological polar surface area (TPSA) is 86.4 Å². The molecule has 2 amide bonds. The summed E-state index contributed by atoms with van der Waals surface area (Å²) in [6.45, 7) is 2.34. The van der Waals surface area contributed by atoms with Gasteiger partial charge in [0.1, 0.15) is 16.9 Å². The molecule has 2 atom stereocenters. The van der Waals surface area contributed by atoms with Gasteiger partial charge in [0.05, 0.1) is 12.6 Å². The van der Waals surface area contributed by atoms with Crippen molar-refractivity contribution in [3.8, 4) is 6.07 Å². The van der Waals surface area contributed by atoms with Crippen LogP contribution in [0, 0.1) is 23.1 Å². The van der Waals surface area contributed by atoms with E-state index in [-0.39, 0.29) is 24.9 Å². The summed E-state index contributed by atoms with van der Waals surface area (Å²) in [5.74, 6) is -0.393. The smallest absolute Gasteiger partial charge is 0.280 e. The Morgan fingerprint density at radius 1 is 1.31 bits per heavy atom. The first-order valence-electron chi connectivity index (χ1n) is 9.57. The molecule has 0 fully saturated rings. The van der Waals surface area contributed by atoms with E-state index in [9.17, 15) is 19.2 Å². The fourth-order valence-corrected chi connectivity index (χ4v) is 4.89. The normalized spacial score (nSPS) is 16.4. The number of anilines is 2. The molecule has 0 aliphatic heterocycles. The SMILES string of the molecule is CC1CCc2c(sc(NC(=O)C[NH+](C)CC(=O)Nc3cccc(F)c3)c2C#N)C1. The molecule has 0 radical (unpaired) electrons. The quantitative estimate of drug-likeness (QED) is 0.674. The van der Waals surface area contributed by atoms with Gasteiger partial charge in [-0.1, -0.05) is 13.0 Å². The molecule has 0 saturated heterocycles. The zero-order valence-electron chi connectivity index (χ0n) is 16.5. The van der Waals surface area contributed by atoms with Crippen LogP contribution in [0.1, 0.15) is 29.3 Å². The zero-order chi connectivity index (χ0) is 21.0. The molecule has 152 valence electrons. The Labute approximate surface area is 173 Å². The van der Waals surface area contributed by atoms with Crippen molar-refractivity contribution in [2.75, 3.05) is 30.8 Å². The van der Waals surface area contributed by atoms with Crippen molar-refractivity contribution in [2.24, 2.45) is 5.92 Å². The second-order valence-corrected chi connectivity index (χ2v) is 8.69. The number of rotatable bonds is 6. The third-order valence-corrected chi connectivity index (χ3v) is 6.08. The summed E-state index contributed by atoms with van der Waals surface area (Å²) >= 11 is 1.48. The van der Waals surface area contributed by atoms with Crippen molar-refractivity contribution in [1.29, 1.82) is 5.26 Å². The molecule has 3 N–H and O–H groups in total. The maximum absolute atomic E-state index is 13.2. The summed E-state index contributed by atoms with van der Waals surface area (Å²) in [5, 5.41) is 15.6. The predicted octanol–water partition coefficient (Wildman–Crippen LogP) is 1.98. The fraction of sp³-hybridized carbons (Fsp3) is 0.381. The van der Waals surface area contributed by atoms with Crippen molar-refractivity contribution in [2.45, 2.75) is 26.2 Å². The van der Waals surface area contributed by atoms with Crippen molar-refractivity contribution in [3.05, 3.63) is 46.1 Å². The van der Waals surface area contributed by atoms with Crippen LogP contribution in [0.5, 0.6) is 0 Å². The molecule has 2 aromatic rings. The molecule has 1 aliphatic carbocycles. The highest BCUT2D eigenvalue weighted by Crippen LogP contribution is 2.39. The second-order valence-electron chi connectivity index (χ2n) is 7.59. The lowest BCUT2D eigenvalue weighted by atomic mass is 9.89. The van der Waals surface area contributed by atoms with Crippen LogP contribution < -0.4 is 15.5 Å². The molecular formula is C21H24FN4O2S+. The minimum absolute atomic E-state index is 0.0630. The van der Waals surface area contributed by atoms with E-state index in [1.54, 1.807) is 13.1 Å². The molecule has 1 heterocycles. The van der Waals surface area contributed by atoms with Gasteiger partial charge in [-0.05, 0) is 48.9 Å². The monoisotopic (exact) mass is 415 g/mol. The van der Waals surface area contributed by atoms with Gasteiger partial charge in [-0.2, -0.15) is 5.26 Å².